The van der Waals surface area contributed by atoms with Gasteiger partial charge >= 0.3 is 12.1 Å². The standard InChI is InChI=1S/C35H44FN5O5/c1-35(2,3)46-34(44)38-30-13-8-7-12-29(30)37-32(42)28-16-14-27(15-17-28)25-41(19-9-18-40-20-22-45-23-21-40)33(43)39-31(36)24-26-10-5-4-6-11-26/h4-8,10-17,31H,9,18-25H2,1-3H3,(H,37,42)(H,38,44)(H,39,43). The maximum atomic E-state index is 14.9. The number of hydrogen-bond acceptors (Lipinski definition) is 6. The molecule has 0 spiro atoms. The molecule has 1 heterocycles. The predicted octanol–water partition coefficient (Wildman–Crippen LogP) is 6.06. The van der Waals surface area contributed by atoms with Gasteiger partial charge in [0.25, 0.3) is 5.91 Å². The minimum atomic E-state index is -1.53. The Morgan fingerprint density at radius 3 is 2.17 bits per heavy atom. The number of nitrogens with zero attached hydrogens (tertiary/aromatic N) is 2. The van der Waals surface area contributed by atoms with Crippen LogP contribution in [-0.4, -0.2) is 79.1 Å². The van der Waals surface area contributed by atoms with Crippen molar-refractivity contribution < 1.29 is 28.2 Å². The van der Waals surface area contributed by atoms with Crippen molar-refractivity contribution in [2.45, 2.75) is 52.1 Å². The van der Waals surface area contributed by atoms with Gasteiger partial charge in [0.15, 0.2) is 6.30 Å². The summed E-state index contributed by atoms with van der Waals surface area (Å²) in [6.07, 6.45) is -1.36. The van der Waals surface area contributed by atoms with Crippen LogP contribution in [0.25, 0.3) is 0 Å². The molecule has 1 aliphatic heterocycles. The largest absolute Gasteiger partial charge is 0.444 e. The van der Waals surface area contributed by atoms with Gasteiger partial charge in [-0.25, -0.2) is 14.0 Å². The van der Waals surface area contributed by atoms with Crippen LogP contribution in [-0.2, 0) is 22.4 Å². The van der Waals surface area contributed by atoms with E-state index in [-0.39, 0.29) is 18.9 Å². The molecule has 3 aromatic carbocycles. The number of halogens is 1. The van der Waals surface area contributed by atoms with Gasteiger partial charge in [-0.15, -0.1) is 0 Å². The van der Waals surface area contributed by atoms with Gasteiger partial charge < -0.3 is 25.0 Å². The Hall–Kier alpha value is -4.48. The number of anilines is 2. The zero-order valence-electron chi connectivity index (χ0n) is 26.8. The molecule has 46 heavy (non-hydrogen) atoms. The fourth-order valence-electron chi connectivity index (χ4n) is 4.95. The quantitative estimate of drug-likeness (QED) is 0.209. The predicted molar refractivity (Wildman–Crippen MR) is 177 cm³/mol. The van der Waals surface area contributed by atoms with E-state index < -0.39 is 24.0 Å². The minimum Gasteiger partial charge on any atom is -0.444 e. The smallest absolute Gasteiger partial charge is 0.412 e. The highest BCUT2D eigenvalue weighted by Crippen LogP contribution is 2.23. The molecule has 0 saturated carbocycles. The first-order valence-electron chi connectivity index (χ1n) is 15.6. The zero-order chi connectivity index (χ0) is 32.9. The molecule has 0 radical (unpaired) electrons. The Bertz CT molecular complexity index is 1430. The molecule has 246 valence electrons. The number of carbonyl (C=O) groups is 3. The van der Waals surface area contributed by atoms with Gasteiger partial charge in [-0.1, -0.05) is 54.6 Å². The third-order valence-corrected chi connectivity index (χ3v) is 7.23. The zero-order valence-corrected chi connectivity index (χ0v) is 26.8. The number of para-hydroxylation sites is 2. The Balaban J connectivity index is 1.38. The van der Waals surface area contributed by atoms with Crippen LogP contribution in [0.15, 0.2) is 78.9 Å². The van der Waals surface area contributed by atoms with Gasteiger partial charge in [0.2, 0.25) is 0 Å². The Morgan fingerprint density at radius 1 is 0.891 bits per heavy atom. The van der Waals surface area contributed by atoms with Crippen molar-refractivity contribution in [1.29, 1.82) is 0 Å². The number of morpholine rings is 1. The molecule has 1 saturated heterocycles. The maximum Gasteiger partial charge on any atom is 0.412 e. The lowest BCUT2D eigenvalue weighted by Crippen LogP contribution is -2.45. The van der Waals surface area contributed by atoms with Crippen LogP contribution in [0.1, 0.15) is 48.7 Å². The number of carbonyl (C=O) groups excluding carboxylic acids is 3. The number of ether oxygens (including phenoxy) is 2. The monoisotopic (exact) mass is 633 g/mol. The van der Waals surface area contributed by atoms with Crippen LogP contribution in [0.4, 0.5) is 25.4 Å². The summed E-state index contributed by atoms with van der Waals surface area (Å²) < 4.78 is 25.6. The Morgan fingerprint density at radius 2 is 1.52 bits per heavy atom. The molecular formula is C35H44FN5O5. The molecule has 4 rings (SSSR count). The van der Waals surface area contributed by atoms with E-state index in [4.69, 9.17) is 9.47 Å². The van der Waals surface area contributed by atoms with E-state index in [1.54, 1.807) is 74.2 Å². The molecule has 10 nitrogen and oxygen atoms in total. The molecule has 1 aliphatic rings. The highest BCUT2D eigenvalue weighted by Gasteiger charge is 2.21. The number of amides is 4. The van der Waals surface area contributed by atoms with Gasteiger partial charge in [0, 0.05) is 44.7 Å². The summed E-state index contributed by atoms with van der Waals surface area (Å²) in [4.78, 5) is 42.5. The van der Waals surface area contributed by atoms with Crippen molar-refractivity contribution in [2.75, 3.05) is 50.0 Å². The van der Waals surface area contributed by atoms with Gasteiger partial charge in [-0.3, -0.25) is 15.0 Å². The number of urea groups is 1. The van der Waals surface area contributed by atoms with Gasteiger partial charge in [-0.05, 0) is 62.6 Å². The third kappa shape index (κ3) is 11.5. The third-order valence-electron chi connectivity index (χ3n) is 7.23. The molecule has 3 aromatic rings. The lowest BCUT2D eigenvalue weighted by atomic mass is 10.1. The first-order valence-corrected chi connectivity index (χ1v) is 15.6. The average molecular weight is 634 g/mol. The highest BCUT2D eigenvalue weighted by molar-refractivity contribution is 6.06. The summed E-state index contributed by atoms with van der Waals surface area (Å²) in [5.41, 5.74) is 2.14. The van der Waals surface area contributed by atoms with Crippen LogP contribution in [0.3, 0.4) is 0 Å². The molecule has 1 atom stereocenters. The summed E-state index contributed by atoms with van der Waals surface area (Å²) in [6, 6.07) is 22.5. The molecule has 1 fully saturated rings. The molecule has 0 bridgehead atoms. The summed E-state index contributed by atoms with van der Waals surface area (Å²) in [7, 11) is 0. The van der Waals surface area contributed by atoms with Crippen LogP contribution in [0.5, 0.6) is 0 Å². The Kier molecular flexibility index (Phi) is 12.5. The van der Waals surface area contributed by atoms with E-state index in [0.717, 1.165) is 37.2 Å². The SMILES string of the molecule is CC(C)(C)OC(=O)Nc1ccccc1NC(=O)c1ccc(CN(CCCN2CCOCC2)C(=O)NC(F)Cc2ccccc2)cc1. The fourth-order valence-corrected chi connectivity index (χ4v) is 4.95. The number of rotatable bonds is 12. The van der Waals surface area contributed by atoms with E-state index in [1.807, 2.05) is 30.3 Å². The van der Waals surface area contributed by atoms with Gasteiger partial charge in [0.1, 0.15) is 5.60 Å². The number of hydrogen-bond donors (Lipinski definition) is 3. The maximum absolute atomic E-state index is 14.9. The normalized spacial score (nSPS) is 14.2. The van der Waals surface area contributed by atoms with Crippen molar-refractivity contribution in [1.82, 2.24) is 15.1 Å². The van der Waals surface area contributed by atoms with Gasteiger partial charge in [-0.2, -0.15) is 0 Å². The lowest BCUT2D eigenvalue weighted by molar-refractivity contribution is 0.0364. The van der Waals surface area contributed by atoms with Crippen LogP contribution < -0.4 is 16.0 Å². The first-order chi connectivity index (χ1) is 22.1. The molecule has 0 aliphatic carbocycles. The van der Waals surface area contributed by atoms with E-state index >= 15 is 0 Å². The summed E-state index contributed by atoms with van der Waals surface area (Å²) in [5, 5.41) is 8.02. The average Bonchev–Trinajstić information content (AvgIpc) is 3.02. The van der Waals surface area contributed by atoms with Crippen molar-refractivity contribution in [3.8, 4) is 0 Å². The first kappa shape index (κ1) is 34.4. The van der Waals surface area contributed by atoms with Crippen LogP contribution in [0, 0.1) is 0 Å². The van der Waals surface area contributed by atoms with E-state index in [2.05, 4.69) is 20.9 Å². The molecule has 3 N–H and O–H groups in total. The van der Waals surface area contributed by atoms with Crippen LogP contribution >= 0.6 is 0 Å². The molecule has 11 heteroatoms. The number of alkyl halides is 1. The second-order valence-electron chi connectivity index (χ2n) is 12.2. The molecular weight excluding hydrogens is 589 g/mol. The van der Waals surface area contributed by atoms with Crippen molar-refractivity contribution >= 4 is 29.4 Å². The number of nitrogens with one attached hydrogen (secondary N) is 3. The Labute approximate surface area is 270 Å². The van der Waals surface area contributed by atoms with E-state index in [9.17, 15) is 18.8 Å². The minimum absolute atomic E-state index is 0.0778. The molecule has 4 amide bonds. The summed E-state index contributed by atoms with van der Waals surface area (Å²) in [6.45, 7) is 9.88. The topological polar surface area (TPSA) is 112 Å². The summed E-state index contributed by atoms with van der Waals surface area (Å²) in [5.74, 6) is -0.369. The fraction of sp³-hybridized carbons (Fsp3) is 0.400. The lowest BCUT2D eigenvalue weighted by Gasteiger charge is -2.29. The second kappa shape index (κ2) is 16.7. The van der Waals surface area contributed by atoms with E-state index in [1.165, 1.54) is 0 Å². The number of benzene rings is 3. The van der Waals surface area contributed by atoms with Crippen molar-refractivity contribution in [3.63, 3.8) is 0 Å². The molecule has 1 unspecified atom stereocenters. The second-order valence-corrected chi connectivity index (χ2v) is 12.2. The van der Waals surface area contributed by atoms with Crippen molar-refractivity contribution in [3.05, 3.63) is 95.6 Å². The molecule has 0 aromatic heterocycles. The van der Waals surface area contributed by atoms with Crippen LogP contribution in [0.2, 0.25) is 0 Å². The van der Waals surface area contributed by atoms with Crippen molar-refractivity contribution in [2.24, 2.45) is 0 Å². The highest BCUT2D eigenvalue weighted by atomic mass is 19.1. The summed E-state index contributed by atoms with van der Waals surface area (Å²) >= 11 is 0. The van der Waals surface area contributed by atoms with Gasteiger partial charge in [0.05, 0.1) is 24.6 Å². The van der Waals surface area contributed by atoms with E-state index in [0.29, 0.717) is 36.7 Å².